The Bertz CT molecular complexity index is 575. The van der Waals surface area contributed by atoms with Crippen molar-refractivity contribution in [1.82, 2.24) is 19.7 Å². The number of hydrogen-bond acceptors (Lipinski definition) is 6. The molecule has 0 radical (unpaired) electrons. The van der Waals surface area contributed by atoms with Gasteiger partial charge in [-0.25, -0.2) is 4.98 Å². The van der Waals surface area contributed by atoms with E-state index in [-0.39, 0.29) is 12.1 Å². The maximum atomic E-state index is 5.83. The van der Waals surface area contributed by atoms with Crippen LogP contribution in [0.5, 0.6) is 0 Å². The zero-order valence-electron chi connectivity index (χ0n) is 10.8. The minimum atomic E-state index is 0.131. The minimum Gasteiger partial charge on any atom is -0.376 e. The Hall–Kier alpha value is -1.86. The molecule has 1 atom stereocenters. The lowest BCUT2D eigenvalue weighted by Crippen LogP contribution is -2.15. The molecule has 3 N–H and O–H groups in total. The monoisotopic (exact) mass is 294 g/mol. The molecule has 20 heavy (non-hydrogen) atoms. The number of rotatable bonds is 4. The third-order valence-corrected chi connectivity index (χ3v) is 3.23. The highest BCUT2D eigenvalue weighted by molar-refractivity contribution is 6.29. The van der Waals surface area contributed by atoms with E-state index in [1.165, 1.54) is 0 Å². The minimum absolute atomic E-state index is 0.131. The molecular formula is C12H15ClN6O. The predicted molar refractivity (Wildman–Crippen MR) is 75.9 cm³/mol. The van der Waals surface area contributed by atoms with Crippen LogP contribution in [0.25, 0.3) is 0 Å². The van der Waals surface area contributed by atoms with Crippen LogP contribution in [-0.4, -0.2) is 32.5 Å². The Labute approximate surface area is 121 Å². The molecule has 0 saturated carbocycles. The van der Waals surface area contributed by atoms with Gasteiger partial charge in [-0.3, -0.25) is 4.68 Å². The fourth-order valence-corrected chi connectivity index (χ4v) is 2.36. The van der Waals surface area contributed by atoms with Crippen LogP contribution in [0.15, 0.2) is 18.5 Å². The summed E-state index contributed by atoms with van der Waals surface area (Å²) in [7, 11) is 0. The quantitative estimate of drug-likeness (QED) is 0.836. The molecule has 106 valence electrons. The molecule has 2 aromatic rings. The fourth-order valence-electron chi connectivity index (χ4n) is 2.17. The van der Waals surface area contributed by atoms with Gasteiger partial charge in [-0.05, 0) is 12.8 Å². The van der Waals surface area contributed by atoms with Gasteiger partial charge in [0.2, 0.25) is 5.95 Å². The average Bonchev–Trinajstić information content (AvgIpc) is 3.01. The van der Waals surface area contributed by atoms with Gasteiger partial charge in [0.1, 0.15) is 11.0 Å². The molecule has 8 heteroatoms. The molecule has 3 heterocycles. The molecule has 1 aliphatic rings. The van der Waals surface area contributed by atoms with Gasteiger partial charge < -0.3 is 15.8 Å². The van der Waals surface area contributed by atoms with Gasteiger partial charge in [0.15, 0.2) is 0 Å². The Morgan fingerprint density at radius 2 is 2.40 bits per heavy atom. The molecule has 0 aromatic carbocycles. The van der Waals surface area contributed by atoms with Crippen LogP contribution < -0.4 is 11.1 Å². The number of nitrogens with one attached hydrogen (secondary N) is 1. The first kappa shape index (κ1) is 13.1. The molecule has 7 nitrogen and oxygen atoms in total. The average molecular weight is 295 g/mol. The number of aromatic nitrogens is 4. The van der Waals surface area contributed by atoms with Crippen LogP contribution in [0.3, 0.4) is 0 Å². The van der Waals surface area contributed by atoms with Crippen LogP contribution in [-0.2, 0) is 11.3 Å². The van der Waals surface area contributed by atoms with E-state index in [2.05, 4.69) is 20.4 Å². The van der Waals surface area contributed by atoms with Crippen molar-refractivity contribution >= 4 is 29.1 Å². The second-order valence-corrected chi connectivity index (χ2v) is 5.03. The topological polar surface area (TPSA) is 90.9 Å². The van der Waals surface area contributed by atoms with Crippen molar-refractivity contribution in [2.75, 3.05) is 17.7 Å². The van der Waals surface area contributed by atoms with Gasteiger partial charge in [0, 0.05) is 18.9 Å². The second-order valence-electron chi connectivity index (χ2n) is 4.65. The highest BCUT2D eigenvalue weighted by atomic mass is 35.5. The summed E-state index contributed by atoms with van der Waals surface area (Å²) in [6.07, 6.45) is 6.08. The van der Waals surface area contributed by atoms with Gasteiger partial charge >= 0.3 is 0 Å². The van der Waals surface area contributed by atoms with E-state index in [1.54, 1.807) is 12.3 Å². The summed E-state index contributed by atoms with van der Waals surface area (Å²) in [4.78, 5) is 7.86. The summed E-state index contributed by atoms with van der Waals surface area (Å²) < 4.78 is 7.43. The van der Waals surface area contributed by atoms with Crippen molar-refractivity contribution in [3.8, 4) is 0 Å². The first-order chi connectivity index (χ1) is 9.69. The van der Waals surface area contributed by atoms with Gasteiger partial charge in [0.05, 0.1) is 24.5 Å². The lowest BCUT2D eigenvalue weighted by atomic mass is 10.2. The lowest BCUT2D eigenvalue weighted by Gasteiger charge is -2.08. The molecule has 1 saturated heterocycles. The predicted octanol–water partition coefficient (Wildman–Crippen LogP) is 1.83. The summed E-state index contributed by atoms with van der Waals surface area (Å²) >= 11 is 5.83. The van der Waals surface area contributed by atoms with Crippen molar-refractivity contribution in [3.05, 3.63) is 23.6 Å². The van der Waals surface area contributed by atoms with E-state index in [1.807, 2.05) is 10.9 Å². The third kappa shape index (κ3) is 3.17. The number of ether oxygens (including phenoxy) is 1. The highest BCUT2D eigenvalue weighted by Crippen LogP contribution is 2.19. The molecule has 0 unspecified atom stereocenters. The molecule has 1 fully saturated rings. The summed E-state index contributed by atoms with van der Waals surface area (Å²) in [5.41, 5.74) is 6.36. The number of hydrogen-bond donors (Lipinski definition) is 2. The summed E-state index contributed by atoms with van der Waals surface area (Å²) in [5.74, 6) is 0.672. The highest BCUT2D eigenvalue weighted by Gasteiger charge is 2.16. The molecule has 3 rings (SSSR count). The number of halogens is 1. The third-order valence-electron chi connectivity index (χ3n) is 3.03. The first-order valence-corrected chi connectivity index (χ1v) is 6.78. The van der Waals surface area contributed by atoms with Crippen molar-refractivity contribution < 1.29 is 4.74 Å². The van der Waals surface area contributed by atoms with Crippen LogP contribution in [0.1, 0.15) is 12.8 Å². The van der Waals surface area contributed by atoms with Crippen molar-refractivity contribution in [2.45, 2.75) is 25.5 Å². The van der Waals surface area contributed by atoms with Crippen LogP contribution >= 0.6 is 11.6 Å². The van der Waals surface area contributed by atoms with E-state index >= 15 is 0 Å². The number of nitrogens with two attached hydrogens (primary N) is 1. The molecule has 0 bridgehead atoms. The second kappa shape index (κ2) is 5.64. The fraction of sp³-hybridized carbons (Fsp3) is 0.417. The van der Waals surface area contributed by atoms with Crippen LogP contribution in [0, 0.1) is 0 Å². The molecule has 2 aromatic heterocycles. The van der Waals surface area contributed by atoms with E-state index < -0.39 is 0 Å². The van der Waals surface area contributed by atoms with Gasteiger partial charge in [0.25, 0.3) is 0 Å². The molecule has 1 aliphatic heterocycles. The maximum absolute atomic E-state index is 5.83. The Balaban J connectivity index is 1.67. The lowest BCUT2D eigenvalue weighted by molar-refractivity contribution is 0.0940. The maximum Gasteiger partial charge on any atom is 0.223 e. The summed E-state index contributed by atoms with van der Waals surface area (Å²) in [5, 5.41) is 7.68. The first-order valence-electron chi connectivity index (χ1n) is 6.40. The Morgan fingerprint density at radius 1 is 1.50 bits per heavy atom. The largest absolute Gasteiger partial charge is 0.376 e. The summed E-state index contributed by atoms with van der Waals surface area (Å²) in [6.45, 7) is 1.60. The molecular weight excluding hydrogens is 280 g/mol. The van der Waals surface area contributed by atoms with Crippen molar-refractivity contribution in [2.24, 2.45) is 0 Å². The Kier molecular flexibility index (Phi) is 3.70. The molecule has 0 aliphatic carbocycles. The smallest absolute Gasteiger partial charge is 0.223 e. The normalized spacial score (nSPS) is 18.4. The van der Waals surface area contributed by atoms with Crippen molar-refractivity contribution in [3.63, 3.8) is 0 Å². The van der Waals surface area contributed by atoms with Crippen LogP contribution in [0.2, 0.25) is 5.15 Å². The van der Waals surface area contributed by atoms with E-state index in [0.29, 0.717) is 11.0 Å². The number of anilines is 3. The zero-order chi connectivity index (χ0) is 13.9. The van der Waals surface area contributed by atoms with E-state index in [0.717, 1.165) is 31.7 Å². The van der Waals surface area contributed by atoms with Crippen LogP contribution in [0.4, 0.5) is 17.5 Å². The number of nitrogens with zero attached hydrogens (tertiary/aromatic N) is 4. The molecule has 0 amide bonds. The number of nitrogen functional groups attached to an aromatic ring is 1. The standard InChI is InChI=1S/C12H15ClN6O/c13-10-4-11(18-12(14)17-10)16-8-5-15-19(6-8)7-9-2-1-3-20-9/h4-6,9H,1-3,7H2,(H3,14,16,17,18)/t9-/m0/s1. The van der Waals surface area contributed by atoms with Gasteiger partial charge in [-0.1, -0.05) is 11.6 Å². The Morgan fingerprint density at radius 3 is 3.15 bits per heavy atom. The van der Waals surface area contributed by atoms with Gasteiger partial charge in [-0.15, -0.1) is 0 Å². The summed E-state index contributed by atoms with van der Waals surface area (Å²) in [6, 6.07) is 1.61. The zero-order valence-corrected chi connectivity index (χ0v) is 11.5. The van der Waals surface area contributed by atoms with E-state index in [4.69, 9.17) is 22.1 Å². The molecule has 0 spiro atoms. The van der Waals surface area contributed by atoms with Crippen molar-refractivity contribution in [1.29, 1.82) is 0 Å². The SMILES string of the molecule is Nc1nc(Cl)cc(Nc2cnn(C[C@@H]3CCCO3)c2)n1. The van der Waals surface area contributed by atoms with E-state index in [9.17, 15) is 0 Å². The van der Waals surface area contributed by atoms with Gasteiger partial charge in [-0.2, -0.15) is 10.1 Å².